The molecule has 1 aromatic carbocycles. The highest BCUT2D eigenvalue weighted by molar-refractivity contribution is 7.99. The van der Waals surface area contributed by atoms with Gasteiger partial charge in [0.15, 0.2) is 0 Å². The third kappa shape index (κ3) is 5.33. The first-order valence-electron chi connectivity index (χ1n) is 8.94. The fourth-order valence-corrected chi connectivity index (χ4v) is 3.39. The van der Waals surface area contributed by atoms with Crippen LogP contribution in [0.25, 0.3) is 0 Å². The highest BCUT2D eigenvalue weighted by Gasteiger charge is 2.27. The van der Waals surface area contributed by atoms with Gasteiger partial charge in [-0.3, -0.25) is 9.89 Å². The molecule has 5 nitrogen and oxygen atoms in total. The molecule has 0 radical (unpaired) electrons. The Kier molecular flexibility index (Phi) is 5.78. The number of hydrogen-bond acceptors (Lipinski definition) is 4. The molecule has 1 unspecified atom stereocenters. The van der Waals surface area contributed by atoms with E-state index in [-0.39, 0.29) is 11.9 Å². The van der Waals surface area contributed by atoms with Gasteiger partial charge in [0.1, 0.15) is 5.82 Å². The van der Waals surface area contributed by atoms with Gasteiger partial charge in [0, 0.05) is 5.92 Å². The zero-order valence-corrected chi connectivity index (χ0v) is 15.9. The molecule has 3 rings (SSSR count). The summed E-state index contributed by atoms with van der Waals surface area (Å²) in [5.41, 5.74) is 2.46. The third-order valence-electron chi connectivity index (χ3n) is 4.28. The number of rotatable bonds is 8. The topological polar surface area (TPSA) is 70.7 Å². The van der Waals surface area contributed by atoms with E-state index < -0.39 is 0 Å². The summed E-state index contributed by atoms with van der Waals surface area (Å²) in [4.78, 5) is 16.6. The largest absolute Gasteiger partial charge is 0.349 e. The van der Waals surface area contributed by atoms with Crippen molar-refractivity contribution in [3.05, 3.63) is 41.2 Å². The predicted molar refractivity (Wildman–Crippen MR) is 101 cm³/mol. The second-order valence-electron chi connectivity index (χ2n) is 7.19. The van der Waals surface area contributed by atoms with Crippen molar-refractivity contribution < 1.29 is 4.79 Å². The molecule has 0 spiro atoms. The quantitative estimate of drug-likeness (QED) is 0.703. The van der Waals surface area contributed by atoms with Crippen LogP contribution >= 0.6 is 11.8 Å². The highest BCUT2D eigenvalue weighted by Crippen LogP contribution is 2.38. The van der Waals surface area contributed by atoms with Crippen LogP contribution in [-0.2, 0) is 11.2 Å². The molecule has 1 saturated carbocycles. The van der Waals surface area contributed by atoms with Crippen molar-refractivity contribution in [2.75, 3.05) is 5.75 Å². The van der Waals surface area contributed by atoms with Crippen LogP contribution in [0, 0.1) is 5.92 Å². The molecular formula is C19H26N4OS. The van der Waals surface area contributed by atoms with Crippen LogP contribution in [0.1, 0.15) is 62.5 Å². The molecule has 134 valence electrons. The molecule has 0 saturated heterocycles. The average molecular weight is 359 g/mol. The van der Waals surface area contributed by atoms with Crippen LogP contribution < -0.4 is 5.32 Å². The second kappa shape index (κ2) is 8.04. The molecule has 0 aliphatic heterocycles. The van der Waals surface area contributed by atoms with Crippen LogP contribution in [0.5, 0.6) is 0 Å². The van der Waals surface area contributed by atoms with Crippen molar-refractivity contribution in [1.82, 2.24) is 20.5 Å². The van der Waals surface area contributed by atoms with E-state index in [1.54, 1.807) is 0 Å². The van der Waals surface area contributed by atoms with Crippen LogP contribution in [0.4, 0.5) is 0 Å². The summed E-state index contributed by atoms with van der Waals surface area (Å²) >= 11 is 1.38. The van der Waals surface area contributed by atoms with Crippen molar-refractivity contribution in [2.24, 2.45) is 5.92 Å². The summed E-state index contributed by atoms with van der Waals surface area (Å²) < 4.78 is 0. The molecule has 1 aliphatic rings. The molecule has 1 aliphatic carbocycles. The van der Waals surface area contributed by atoms with E-state index >= 15 is 0 Å². The van der Waals surface area contributed by atoms with E-state index in [1.807, 2.05) is 6.92 Å². The monoisotopic (exact) mass is 358 g/mol. The van der Waals surface area contributed by atoms with Crippen molar-refractivity contribution in [2.45, 2.75) is 57.1 Å². The van der Waals surface area contributed by atoms with Gasteiger partial charge in [-0.15, -0.1) is 5.10 Å². The number of carbonyl (C=O) groups is 1. The van der Waals surface area contributed by atoms with Gasteiger partial charge < -0.3 is 5.32 Å². The molecule has 1 amide bonds. The normalized spacial score (nSPS) is 15.4. The molecule has 1 fully saturated rings. The first kappa shape index (κ1) is 18.0. The summed E-state index contributed by atoms with van der Waals surface area (Å²) in [6.45, 7) is 6.45. The van der Waals surface area contributed by atoms with Gasteiger partial charge in [-0.2, -0.15) is 0 Å². The average Bonchev–Trinajstić information content (AvgIpc) is 3.31. The molecule has 1 aromatic heterocycles. The third-order valence-corrected chi connectivity index (χ3v) is 5.13. The number of aromatic amines is 1. The number of nitrogens with one attached hydrogen (secondary N) is 2. The molecule has 2 N–H and O–H groups in total. The lowest BCUT2D eigenvalue weighted by Gasteiger charge is -2.15. The van der Waals surface area contributed by atoms with Gasteiger partial charge in [-0.25, -0.2) is 4.98 Å². The molecule has 1 heterocycles. The summed E-state index contributed by atoms with van der Waals surface area (Å²) in [7, 11) is 0. The Morgan fingerprint density at radius 1 is 1.28 bits per heavy atom. The molecule has 2 aromatic rings. The minimum Gasteiger partial charge on any atom is -0.349 e. The lowest BCUT2D eigenvalue weighted by molar-refractivity contribution is -0.119. The number of aromatic nitrogens is 3. The maximum atomic E-state index is 12.2. The summed E-state index contributed by atoms with van der Waals surface area (Å²) in [5.74, 6) is 2.49. The zero-order valence-electron chi connectivity index (χ0n) is 15.1. The molecule has 25 heavy (non-hydrogen) atoms. The summed E-state index contributed by atoms with van der Waals surface area (Å²) in [6.07, 6.45) is 3.46. The number of nitrogens with zero attached hydrogens (tertiary/aromatic N) is 2. The Balaban J connectivity index is 1.46. The second-order valence-corrected chi connectivity index (χ2v) is 8.14. The number of carbonyl (C=O) groups excluding carboxylic acids is 1. The summed E-state index contributed by atoms with van der Waals surface area (Å²) in [6, 6.07) is 8.51. The first-order valence-corrected chi connectivity index (χ1v) is 9.93. The smallest absolute Gasteiger partial charge is 0.230 e. The number of hydrogen-bond donors (Lipinski definition) is 2. The van der Waals surface area contributed by atoms with Gasteiger partial charge in [0.25, 0.3) is 0 Å². The Morgan fingerprint density at radius 2 is 2.00 bits per heavy atom. The Labute approximate surface area is 153 Å². The predicted octanol–water partition coefficient (Wildman–Crippen LogP) is 3.85. The number of H-pyrrole nitrogens is 1. The van der Waals surface area contributed by atoms with Crippen molar-refractivity contribution in [1.29, 1.82) is 0 Å². The molecular weight excluding hydrogens is 332 g/mol. The number of amides is 1. The maximum Gasteiger partial charge on any atom is 0.230 e. The van der Waals surface area contributed by atoms with E-state index in [2.05, 4.69) is 58.6 Å². The van der Waals surface area contributed by atoms with Crippen LogP contribution in [-0.4, -0.2) is 26.8 Å². The fourth-order valence-electron chi connectivity index (χ4n) is 2.77. The van der Waals surface area contributed by atoms with Gasteiger partial charge in [-0.1, -0.05) is 49.9 Å². The Hall–Kier alpha value is -1.82. The fraction of sp³-hybridized carbons (Fsp3) is 0.526. The highest BCUT2D eigenvalue weighted by atomic mass is 32.2. The van der Waals surface area contributed by atoms with Gasteiger partial charge in [0.05, 0.1) is 11.8 Å². The summed E-state index contributed by atoms with van der Waals surface area (Å²) in [5, 5.41) is 10.8. The van der Waals surface area contributed by atoms with Crippen molar-refractivity contribution >= 4 is 17.7 Å². The zero-order chi connectivity index (χ0) is 17.8. The van der Waals surface area contributed by atoms with Crippen LogP contribution in [0.2, 0.25) is 0 Å². The molecule has 0 bridgehead atoms. The lowest BCUT2D eigenvalue weighted by atomic mass is 10.00. The van der Waals surface area contributed by atoms with E-state index in [4.69, 9.17) is 0 Å². The van der Waals surface area contributed by atoms with Gasteiger partial charge >= 0.3 is 0 Å². The Bertz CT molecular complexity index is 706. The van der Waals surface area contributed by atoms with Crippen molar-refractivity contribution in [3.8, 4) is 0 Å². The van der Waals surface area contributed by atoms with E-state index in [0.717, 1.165) is 17.8 Å². The van der Waals surface area contributed by atoms with E-state index in [9.17, 15) is 4.79 Å². The van der Waals surface area contributed by atoms with Crippen LogP contribution in [0.3, 0.4) is 0 Å². The number of thioether (sulfide) groups is 1. The van der Waals surface area contributed by atoms with E-state index in [1.165, 1.54) is 30.2 Å². The minimum absolute atomic E-state index is 0.00142. The Morgan fingerprint density at radius 3 is 2.64 bits per heavy atom. The molecule has 1 atom stereocenters. The number of benzene rings is 1. The van der Waals surface area contributed by atoms with Crippen LogP contribution in [0.15, 0.2) is 29.4 Å². The lowest BCUT2D eigenvalue weighted by Crippen LogP contribution is -2.28. The SMILES string of the molecule is CC(C)Cc1ccc(C(C)NC(=O)CSc2n[nH]c(C3CC3)n2)cc1. The first-order chi connectivity index (χ1) is 12.0. The maximum absolute atomic E-state index is 12.2. The standard InChI is InChI=1S/C19H26N4OS/c1-12(2)10-14-4-6-15(7-5-14)13(3)20-17(24)11-25-19-21-18(22-23-19)16-8-9-16/h4-7,12-13,16H,8-11H2,1-3H3,(H,20,24)(H,21,22,23). The van der Waals surface area contributed by atoms with Crippen molar-refractivity contribution in [3.63, 3.8) is 0 Å². The van der Waals surface area contributed by atoms with E-state index in [0.29, 0.717) is 22.7 Å². The van der Waals surface area contributed by atoms with Gasteiger partial charge in [-0.05, 0) is 43.2 Å². The van der Waals surface area contributed by atoms with Gasteiger partial charge in [0.2, 0.25) is 11.1 Å². The molecule has 6 heteroatoms. The minimum atomic E-state index is -0.00429.